The van der Waals surface area contributed by atoms with E-state index in [-0.39, 0.29) is 23.7 Å². The monoisotopic (exact) mass is 390 g/mol. The van der Waals surface area contributed by atoms with E-state index in [9.17, 15) is 14.4 Å². The van der Waals surface area contributed by atoms with Crippen LogP contribution in [0.15, 0.2) is 46.9 Å². The van der Waals surface area contributed by atoms with Gasteiger partial charge in [0.05, 0.1) is 11.5 Å². The average Bonchev–Trinajstić information content (AvgIpc) is 2.58. The zero-order chi connectivity index (χ0) is 18.7. The molecule has 0 aliphatic carbocycles. The second-order valence-corrected chi connectivity index (χ2v) is 6.98. The van der Waals surface area contributed by atoms with Crippen LogP contribution in [0.1, 0.15) is 17.9 Å². The van der Waals surface area contributed by atoms with Gasteiger partial charge in [0.25, 0.3) is 5.56 Å². The summed E-state index contributed by atoms with van der Waals surface area (Å²) in [6.07, 6.45) is 1.53. The summed E-state index contributed by atoms with van der Waals surface area (Å²) < 4.78 is 0. The molecule has 26 heavy (non-hydrogen) atoms. The van der Waals surface area contributed by atoms with Gasteiger partial charge in [-0.2, -0.15) is 0 Å². The van der Waals surface area contributed by atoms with Crippen LogP contribution in [0.5, 0.6) is 0 Å². The first-order chi connectivity index (χ1) is 12.5. The molecule has 2 amide bonds. The minimum absolute atomic E-state index is 0.114. The highest BCUT2D eigenvalue weighted by molar-refractivity contribution is 7.99. The molecule has 2 aromatic rings. The van der Waals surface area contributed by atoms with Gasteiger partial charge in [-0.3, -0.25) is 14.4 Å². The number of aromatic nitrogens is 2. The fourth-order valence-electron chi connectivity index (χ4n) is 2.58. The molecule has 3 rings (SSSR count). The molecule has 1 aromatic heterocycles. The summed E-state index contributed by atoms with van der Waals surface area (Å²) in [6, 6.07) is 6.63. The number of rotatable bonds is 5. The predicted molar refractivity (Wildman–Crippen MR) is 102 cm³/mol. The number of nitrogens with zero attached hydrogens (tertiary/aromatic N) is 1. The minimum atomic E-state index is -0.938. The lowest BCUT2D eigenvalue weighted by molar-refractivity contribution is -0.123. The molecule has 0 saturated heterocycles. The van der Waals surface area contributed by atoms with E-state index in [1.165, 1.54) is 11.8 Å². The van der Waals surface area contributed by atoms with E-state index in [1.54, 1.807) is 30.3 Å². The Morgan fingerprint density at radius 3 is 3.00 bits per heavy atom. The van der Waals surface area contributed by atoms with Crippen LogP contribution < -0.4 is 16.2 Å². The van der Waals surface area contributed by atoms with Crippen molar-refractivity contribution in [1.82, 2.24) is 9.97 Å². The highest BCUT2D eigenvalue weighted by Crippen LogP contribution is 2.30. The van der Waals surface area contributed by atoms with Crippen LogP contribution in [-0.2, 0) is 9.59 Å². The van der Waals surface area contributed by atoms with Gasteiger partial charge in [0.1, 0.15) is 5.82 Å². The van der Waals surface area contributed by atoms with Crippen molar-refractivity contribution in [3.05, 3.63) is 57.9 Å². The largest absolute Gasteiger partial charge is 0.325 e. The third kappa shape index (κ3) is 3.97. The van der Waals surface area contributed by atoms with Gasteiger partial charge in [-0.1, -0.05) is 35.5 Å². The number of hydrogen-bond acceptors (Lipinski definition) is 5. The number of hydrogen-bond donors (Lipinski definition) is 3. The number of amides is 2. The lowest BCUT2D eigenvalue weighted by Crippen LogP contribution is -2.36. The first-order valence-corrected chi connectivity index (χ1v) is 9.08. The average molecular weight is 391 g/mol. The molecule has 0 saturated carbocycles. The van der Waals surface area contributed by atoms with E-state index in [2.05, 4.69) is 27.2 Å². The maximum absolute atomic E-state index is 12.7. The maximum Gasteiger partial charge on any atom is 0.257 e. The molecule has 1 aromatic carbocycles. The molecule has 2 heterocycles. The highest BCUT2D eigenvalue weighted by atomic mass is 35.5. The SMILES string of the molecule is C=CCSc1nc2c(c(=O)[nH]1)[C@H](C(=O)Nc1cccc(Cl)c1)CC(=O)N2. The van der Waals surface area contributed by atoms with Crippen LogP contribution in [0.3, 0.4) is 0 Å². The topological polar surface area (TPSA) is 104 Å². The summed E-state index contributed by atoms with van der Waals surface area (Å²) in [6.45, 7) is 3.61. The zero-order valence-corrected chi connectivity index (χ0v) is 15.1. The molecule has 0 spiro atoms. The smallest absolute Gasteiger partial charge is 0.257 e. The number of fused-ring (bicyclic) bond motifs is 1. The third-order valence-electron chi connectivity index (χ3n) is 3.68. The molecular formula is C17H15ClN4O3S. The van der Waals surface area contributed by atoms with Gasteiger partial charge in [0.2, 0.25) is 11.8 Å². The number of carbonyl (C=O) groups is 2. The van der Waals surface area contributed by atoms with Crippen LogP contribution in [0.25, 0.3) is 0 Å². The van der Waals surface area contributed by atoms with Crippen molar-refractivity contribution in [2.45, 2.75) is 17.5 Å². The number of carbonyl (C=O) groups excluding carboxylic acids is 2. The Kier molecular flexibility index (Phi) is 5.43. The molecular weight excluding hydrogens is 376 g/mol. The summed E-state index contributed by atoms with van der Waals surface area (Å²) in [5, 5.41) is 6.07. The maximum atomic E-state index is 12.7. The molecule has 0 radical (unpaired) electrons. The lowest BCUT2D eigenvalue weighted by Gasteiger charge is -2.23. The molecule has 0 fully saturated rings. The zero-order valence-electron chi connectivity index (χ0n) is 13.5. The first-order valence-electron chi connectivity index (χ1n) is 7.72. The van der Waals surface area contributed by atoms with Gasteiger partial charge in [-0.25, -0.2) is 4.98 Å². The van der Waals surface area contributed by atoms with Gasteiger partial charge in [0.15, 0.2) is 5.16 Å². The fraction of sp³-hybridized carbons (Fsp3) is 0.176. The molecule has 3 N–H and O–H groups in total. The van der Waals surface area contributed by atoms with Crippen LogP contribution in [0, 0.1) is 0 Å². The summed E-state index contributed by atoms with van der Waals surface area (Å²) >= 11 is 7.18. The van der Waals surface area contributed by atoms with E-state index < -0.39 is 17.4 Å². The molecule has 0 bridgehead atoms. The van der Waals surface area contributed by atoms with Crippen LogP contribution in [0.4, 0.5) is 11.5 Å². The van der Waals surface area contributed by atoms with E-state index in [0.717, 1.165) is 0 Å². The van der Waals surface area contributed by atoms with Gasteiger partial charge in [-0.15, -0.1) is 6.58 Å². The van der Waals surface area contributed by atoms with Gasteiger partial charge < -0.3 is 15.6 Å². The van der Waals surface area contributed by atoms with Crippen molar-refractivity contribution in [1.29, 1.82) is 0 Å². The van der Waals surface area contributed by atoms with Crippen molar-refractivity contribution in [2.24, 2.45) is 0 Å². The highest BCUT2D eigenvalue weighted by Gasteiger charge is 2.34. The van der Waals surface area contributed by atoms with Crippen molar-refractivity contribution in [3.63, 3.8) is 0 Å². The van der Waals surface area contributed by atoms with Gasteiger partial charge in [-0.05, 0) is 18.2 Å². The van der Waals surface area contributed by atoms with Crippen molar-refractivity contribution in [2.75, 3.05) is 16.4 Å². The van der Waals surface area contributed by atoms with Crippen molar-refractivity contribution < 1.29 is 9.59 Å². The van der Waals surface area contributed by atoms with E-state index >= 15 is 0 Å². The third-order valence-corrected chi connectivity index (χ3v) is 4.78. The molecule has 9 heteroatoms. The lowest BCUT2D eigenvalue weighted by atomic mass is 9.92. The van der Waals surface area contributed by atoms with Crippen molar-refractivity contribution in [3.8, 4) is 0 Å². The number of nitrogens with one attached hydrogen (secondary N) is 3. The van der Waals surface area contributed by atoms with Crippen LogP contribution in [-0.4, -0.2) is 27.5 Å². The molecule has 1 atom stereocenters. The minimum Gasteiger partial charge on any atom is -0.325 e. The Bertz CT molecular complexity index is 944. The van der Waals surface area contributed by atoms with Crippen LogP contribution in [0.2, 0.25) is 5.02 Å². The molecule has 1 aliphatic heterocycles. The van der Waals surface area contributed by atoms with E-state index in [0.29, 0.717) is 21.6 Å². The number of H-pyrrole nitrogens is 1. The van der Waals surface area contributed by atoms with E-state index in [4.69, 9.17) is 11.6 Å². The number of thioether (sulfide) groups is 1. The quantitative estimate of drug-likeness (QED) is 0.413. The van der Waals surface area contributed by atoms with Gasteiger partial charge >= 0.3 is 0 Å². The van der Waals surface area contributed by atoms with Gasteiger partial charge in [0, 0.05) is 22.9 Å². The summed E-state index contributed by atoms with van der Waals surface area (Å²) in [5.74, 6) is -1.12. The second kappa shape index (κ2) is 7.76. The van der Waals surface area contributed by atoms with E-state index in [1.807, 2.05) is 0 Å². The molecule has 134 valence electrons. The summed E-state index contributed by atoms with van der Waals surface area (Å²) in [7, 11) is 0. The standard InChI is InChI=1S/C17H15ClN4O3S/c1-2-6-26-17-21-14-13(16(25)22-17)11(8-12(23)20-14)15(24)19-10-5-3-4-9(18)7-10/h2-5,7,11H,1,6,8H2,(H,19,24)(H2,20,21,22,23,25)/t11-/m1/s1. The molecule has 7 nitrogen and oxygen atoms in total. The molecule has 1 aliphatic rings. The summed E-state index contributed by atoms with van der Waals surface area (Å²) in [4.78, 5) is 44.0. The predicted octanol–water partition coefficient (Wildman–Crippen LogP) is 2.77. The first kappa shape index (κ1) is 18.2. The summed E-state index contributed by atoms with van der Waals surface area (Å²) in [5.41, 5.74) is 0.178. The Balaban J connectivity index is 1.92. The Morgan fingerprint density at radius 2 is 2.27 bits per heavy atom. The number of aromatic amines is 1. The normalized spacial score (nSPS) is 15.7. The second-order valence-electron chi connectivity index (χ2n) is 5.54. The number of halogens is 1. The Hall–Kier alpha value is -2.58. The number of benzene rings is 1. The van der Waals surface area contributed by atoms with Crippen LogP contribution >= 0.6 is 23.4 Å². The Morgan fingerprint density at radius 1 is 1.46 bits per heavy atom. The molecule has 0 unspecified atom stereocenters. The number of anilines is 2. The fourth-order valence-corrected chi connectivity index (χ4v) is 3.36. The Labute approximate surface area is 158 Å². The van der Waals surface area contributed by atoms with Crippen molar-refractivity contribution >= 4 is 46.7 Å².